The molecule has 2 aliphatic rings. The van der Waals surface area contributed by atoms with Crippen molar-refractivity contribution in [3.8, 4) is 17.1 Å². The van der Waals surface area contributed by atoms with Crippen molar-refractivity contribution in [1.29, 1.82) is 0 Å². The summed E-state index contributed by atoms with van der Waals surface area (Å²) in [5.74, 6) is 0.321. The molecule has 10 nitrogen and oxygen atoms in total. The Morgan fingerprint density at radius 3 is 2.32 bits per heavy atom. The maximum absolute atomic E-state index is 14.5. The number of nitrogens with two attached hydrogens (primary N) is 1. The number of aromatic nitrogens is 2. The van der Waals surface area contributed by atoms with Gasteiger partial charge in [-0.15, -0.1) is 12.6 Å². The SMILES string of the molecule is CC(C)N1CCN(Cc2ccc(-c3cc(N)ccn3)c(F)c2)CC1.COc1ncc(N2CCOCC2)cc1S.O.O.[HH]. The van der Waals surface area contributed by atoms with Gasteiger partial charge in [0.25, 0.3) is 0 Å². The van der Waals surface area contributed by atoms with Gasteiger partial charge in [-0.2, -0.15) is 0 Å². The van der Waals surface area contributed by atoms with Gasteiger partial charge in [0.1, 0.15) is 5.82 Å². The zero-order valence-corrected chi connectivity index (χ0v) is 24.9. The van der Waals surface area contributed by atoms with Crippen LogP contribution in [-0.2, 0) is 11.3 Å². The lowest BCUT2D eigenvalue weighted by molar-refractivity contribution is 0.104. The molecule has 0 bridgehead atoms. The van der Waals surface area contributed by atoms with Crippen molar-refractivity contribution in [2.24, 2.45) is 0 Å². The molecule has 12 heteroatoms. The molecule has 2 saturated heterocycles. The Labute approximate surface area is 248 Å². The summed E-state index contributed by atoms with van der Waals surface area (Å²) in [5.41, 5.74) is 9.49. The molecule has 0 unspecified atom stereocenters. The first-order valence-electron chi connectivity index (χ1n) is 13.4. The summed E-state index contributed by atoms with van der Waals surface area (Å²) in [6.45, 7) is 12.8. The summed E-state index contributed by atoms with van der Waals surface area (Å²) in [6.07, 6.45) is 3.41. The van der Waals surface area contributed by atoms with E-state index in [0.29, 0.717) is 28.9 Å². The van der Waals surface area contributed by atoms with Crippen molar-refractivity contribution >= 4 is 24.0 Å². The Bertz CT molecular complexity index is 1230. The monoisotopic (exact) mass is 592 g/mol. The highest BCUT2D eigenvalue weighted by molar-refractivity contribution is 7.80. The molecular formula is C29H45FN6O4S. The second-order valence-electron chi connectivity index (χ2n) is 10.0. The second kappa shape index (κ2) is 16.4. The van der Waals surface area contributed by atoms with Gasteiger partial charge in [0, 0.05) is 70.7 Å². The van der Waals surface area contributed by atoms with Gasteiger partial charge in [0.2, 0.25) is 5.88 Å². The first kappa shape index (κ1) is 34.2. The zero-order chi connectivity index (χ0) is 27.8. The van der Waals surface area contributed by atoms with E-state index in [9.17, 15) is 4.39 Å². The standard InChI is InChI=1S/C19H25FN4.C10H14N2O2S.2H2O.H2/c1-14(2)24-9-7-23(8-10-24)13-15-3-4-17(18(20)11-15)19-12-16(21)5-6-22-19;1-13-10-9(15)6-8(7-11-10)12-2-4-14-5-3-12;;;/h3-6,11-12,14H,7-10,13H2,1-2H3,(H2,21,22);6-7,15H,2-5H2,1H3;2*1H2;1H. The number of pyridine rings is 2. The number of piperazine rings is 1. The normalized spacial score (nSPS) is 15.8. The molecule has 0 saturated carbocycles. The number of anilines is 2. The molecule has 0 aliphatic carbocycles. The molecule has 0 radical (unpaired) electrons. The van der Waals surface area contributed by atoms with E-state index in [2.05, 4.69) is 51.1 Å². The quantitative estimate of drug-likeness (QED) is 0.416. The van der Waals surface area contributed by atoms with Gasteiger partial charge in [-0.25, -0.2) is 9.37 Å². The van der Waals surface area contributed by atoms with Crippen molar-refractivity contribution in [2.45, 2.75) is 31.3 Å². The number of hydrogen-bond acceptors (Lipinski definition) is 9. The minimum atomic E-state index is -0.244. The molecule has 5 rings (SSSR count). The average molecular weight is 593 g/mol. The highest BCUT2D eigenvalue weighted by Gasteiger charge is 2.19. The molecule has 2 aromatic heterocycles. The molecule has 4 heterocycles. The Hall–Kier alpha value is -3.00. The molecule has 3 aromatic rings. The predicted octanol–water partition coefficient (Wildman–Crippen LogP) is 2.81. The van der Waals surface area contributed by atoms with Crippen LogP contribution in [0.2, 0.25) is 0 Å². The molecule has 228 valence electrons. The van der Waals surface area contributed by atoms with Crippen LogP contribution in [0.5, 0.6) is 5.88 Å². The number of ether oxygens (including phenoxy) is 2. The number of morpholine rings is 1. The average Bonchev–Trinajstić information content (AvgIpc) is 2.94. The molecule has 41 heavy (non-hydrogen) atoms. The van der Waals surface area contributed by atoms with Gasteiger partial charge in [0.15, 0.2) is 0 Å². The lowest BCUT2D eigenvalue weighted by Crippen LogP contribution is -2.48. The number of hydrogen-bond donors (Lipinski definition) is 2. The number of thiol groups is 1. The number of methoxy groups -OCH3 is 1. The van der Waals surface area contributed by atoms with Gasteiger partial charge in [-0.05, 0) is 49.7 Å². The van der Waals surface area contributed by atoms with Crippen LogP contribution in [0, 0.1) is 5.82 Å². The predicted molar refractivity (Wildman–Crippen MR) is 166 cm³/mol. The lowest BCUT2D eigenvalue weighted by Gasteiger charge is -2.36. The Morgan fingerprint density at radius 2 is 1.73 bits per heavy atom. The lowest BCUT2D eigenvalue weighted by atomic mass is 10.1. The molecule has 6 N–H and O–H groups in total. The fourth-order valence-electron chi connectivity index (χ4n) is 4.74. The number of benzene rings is 1. The molecule has 0 amide bonds. The largest absolute Gasteiger partial charge is 0.480 e. The van der Waals surface area contributed by atoms with Gasteiger partial charge in [-0.3, -0.25) is 14.8 Å². The highest BCUT2D eigenvalue weighted by atomic mass is 32.1. The van der Waals surface area contributed by atoms with E-state index in [4.69, 9.17) is 15.2 Å². The Kier molecular flexibility index (Phi) is 13.7. The zero-order valence-electron chi connectivity index (χ0n) is 24.0. The van der Waals surface area contributed by atoms with Crippen molar-refractivity contribution in [2.75, 3.05) is 70.2 Å². The van der Waals surface area contributed by atoms with Crippen molar-refractivity contribution in [3.63, 3.8) is 0 Å². The number of nitrogens with zero attached hydrogens (tertiary/aromatic N) is 5. The van der Waals surface area contributed by atoms with E-state index in [1.54, 1.807) is 37.6 Å². The van der Waals surface area contributed by atoms with E-state index in [0.717, 1.165) is 75.2 Å². The minimum absolute atomic E-state index is 0. The van der Waals surface area contributed by atoms with Crippen LogP contribution in [0.1, 0.15) is 20.8 Å². The van der Waals surface area contributed by atoms with E-state index in [1.165, 1.54) is 0 Å². The highest BCUT2D eigenvalue weighted by Crippen LogP contribution is 2.26. The van der Waals surface area contributed by atoms with Crippen LogP contribution < -0.4 is 15.4 Å². The molecule has 1 aromatic carbocycles. The summed E-state index contributed by atoms with van der Waals surface area (Å²) in [6, 6.07) is 11.4. The molecule has 2 fully saturated rings. The molecular weight excluding hydrogens is 547 g/mol. The maximum atomic E-state index is 14.5. The molecule has 0 spiro atoms. The Balaban J connectivity index is 0.000000428. The third-order valence-corrected chi connectivity index (χ3v) is 7.34. The van der Waals surface area contributed by atoms with E-state index >= 15 is 0 Å². The van der Waals surface area contributed by atoms with Crippen LogP contribution >= 0.6 is 12.6 Å². The summed E-state index contributed by atoms with van der Waals surface area (Å²) in [7, 11) is 1.59. The first-order chi connectivity index (χ1) is 18.8. The summed E-state index contributed by atoms with van der Waals surface area (Å²) in [5, 5.41) is 0. The smallest absolute Gasteiger partial charge is 0.226 e. The van der Waals surface area contributed by atoms with Crippen molar-refractivity contribution in [1.82, 2.24) is 19.8 Å². The van der Waals surface area contributed by atoms with E-state index in [1.807, 2.05) is 18.3 Å². The fourth-order valence-corrected chi connectivity index (χ4v) is 5.02. The summed E-state index contributed by atoms with van der Waals surface area (Å²) < 4.78 is 24.8. The third-order valence-electron chi connectivity index (χ3n) is 7.02. The first-order valence-corrected chi connectivity index (χ1v) is 13.8. The van der Waals surface area contributed by atoms with Crippen LogP contribution in [0.3, 0.4) is 0 Å². The van der Waals surface area contributed by atoms with Crippen LogP contribution in [-0.4, -0.2) is 96.4 Å². The molecule has 2 aliphatic heterocycles. The van der Waals surface area contributed by atoms with Crippen LogP contribution in [0.25, 0.3) is 11.3 Å². The van der Waals surface area contributed by atoms with Gasteiger partial charge < -0.3 is 31.1 Å². The van der Waals surface area contributed by atoms with Crippen LogP contribution in [0.15, 0.2) is 53.7 Å². The number of halogens is 1. The van der Waals surface area contributed by atoms with Gasteiger partial charge >= 0.3 is 0 Å². The maximum Gasteiger partial charge on any atom is 0.226 e. The fraction of sp³-hybridized carbons (Fsp3) is 0.448. The molecule has 0 atom stereocenters. The third kappa shape index (κ3) is 9.52. The van der Waals surface area contributed by atoms with Crippen molar-refractivity contribution in [3.05, 3.63) is 60.2 Å². The Morgan fingerprint density at radius 1 is 1.02 bits per heavy atom. The number of nitrogen functional groups attached to an aromatic ring is 1. The van der Waals surface area contributed by atoms with Crippen LogP contribution in [0.4, 0.5) is 15.8 Å². The van der Waals surface area contributed by atoms with Crippen molar-refractivity contribution < 1.29 is 26.2 Å². The van der Waals surface area contributed by atoms with E-state index in [-0.39, 0.29) is 18.2 Å². The summed E-state index contributed by atoms with van der Waals surface area (Å²) in [4.78, 5) is 16.3. The second-order valence-corrected chi connectivity index (χ2v) is 10.5. The topological polar surface area (TPSA) is 143 Å². The minimum Gasteiger partial charge on any atom is -0.480 e. The summed E-state index contributed by atoms with van der Waals surface area (Å²) >= 11 is 4.32. The van der Waals surface area contributed by atoms with E-state index < -0.39 is 0 Å². The van der Waals surface area contributed by atoms with Gasteiger partial charge in [-0.1, -0.05) is 6.07 Å². The van der Waals surface area contributed by atoms with Gasteiger partial charge in [0.05, 0.1) is 42.8 Å². The number of rotatable bonds is 6.